The molecule has 7 nitrogen and oxygen atoms in total. The Labute approximate surface area is 172 Å². The van der Waals surface area contributed by atoms with Crippen LogP contribution in [-0.4, -0.2) is 50.7 Å². The maximum atomic E-state index is 13.1. The quantitative estimate of drug-likeness (QED) is 0.715. The summed E-state index contributed by atoms with van der Waals surface area (Å²) in [5.74, 6) is -0.121. The van der Waals surface area contributed by atoms with Crippen molar-refractivity contribution in [2.45, 2.75) is 37.6 Å². The number of anilines is 1. The van der Waals surface area contributed by atoms with E-state index in [-0.39, 0.29) is 40.5 Å². The van der Waals surface area contributed by atoms with Gasteiger partial charge in [0.1, 0.15) is 0 Å². The Balaban J connectivity index is 1.72. The van der Waals surface area contributed by atoms with Gasteiger partial charge in [-0.3, -0.25) is 9.59 Å². The molecule has 8 heteroatoms. The van der Waals surface area contributed by atoms with E-state index < -0.39 is 10.0 Å². The van der Waals surface area contributed by atoms with Crippen molar-refractivity contribution in [1.29, 1.82) is 0 Å². The molecule has 2 fully saturated rings. The van der Waals surface area contributed by atoms with Crippen molar-refractivity contribution in [3.8, 4) is 0 Å². The average molecular weight is 420 g/mol. The normalized spacial score (nSPS) is 25.3. The van der Waals surface area contributed by atoms with Gasteiger partial charge in [0.05, 0.1) is 4.90 Å². The molecule has 0 aromatic heterocycles. The molecule has 2 unspecified atom stereocenters. The van der Waals surface area contributed by atoms with Crippen LogP contribution < -0.4 is 10.2 Å². The minimum atomic E-state index is -3.65. The third-order valence-corrected chi connectivity index (χ3v) is 7.67. The monoisotopic (exact) mass is 419 g/mol. The second-order valence-electron chi connectivity index (χ2n) is 8.18. The molecule has 0 radical (unpaired) electrons. The number of piperidine rings is 1. The molecule has 158 valence electrons. The molecule has 2 aliphatic rings. The van der Waals surface area contributed by atoms with Crippen molar-refractivity contribution < 1.29 is 18.0 Å². The van der Waals surface area contributed by atoms with Gasteiger partial charge in [0.25, 0.3) is 0 Å². The first-order valence-corrected chi connectivity index (χ1v) is 11.4. The van der Waals surface area contributed by atoms with Gasteiger partial charge in [0, 0.05) is 37.8 Å². The highest BCUT2D eigenvalue weighted by molar-refractivity contribution is 7.89. The number of carbonyl (C=O) groups excluding carboxylic acids is 2. The van der Waals surface area contributed by atoms with Gasteiger partial charge in [-0.15, -0.1) is 0 Å². The van der Waals surface area contributed by atoms with E-state index in [4.69, 9.17) is 0 Å². The number of hydrogen-bond acceptors (Lipinski definition) is 4. The van der Waals surface area contributed by atoms with Crippen molar-refractivity contribution in [2.24, 2.45) is 17.8 Å². The van der Waals surface area contributed by atoms with E-state index in [1.807, 2.05) is 13.8 Å². The van der Waals surface area contributed by atoms with Gasteiger partial charge < -0.3 is 10.2 Å². The fourth-order valence-electron chi connectivity index (χ4n) is 3.93. The molecular formula is C21H29N3O4S. The minimum Gasteiger partial charge on any atom is -0.349 e. The first-order valence-electron chi connectivity index (χ1n) is 9.96. The lowest BCUT2D eigenvalue weighted by atomic mass is 9.87. The van der Waals surface area contributed by atoms with Crippen LogP contribution in [0.3, 0.4) is 0 Å². The molecule has 1 saturated heterocycles. The number of carbonyl (C=O) groups is 2. The zero-order valence-corrected chi connectivity index (χ0v) is 18.0. The molecule has 0 spiro atoms. The van der Waals surface area contributed by atoms with Crippen LogP contribution in [0, 0.1) is 17.8 Å². The average Bonchev–Trinajstić information content (AvgIpc) is 3.54. The first-order chi connectivity index (χ1) is 13.6. The predicted octanol–water partition coefficient (Wildman–Crippen LogP) is 2.01. The Kier molecular flexibility index (Phi) is 6.14. The fourth-order valence-corrected chi connectivity index (χ4v) is 5.57. The third kappa shape index (κ3) is 4.53. The van der Waals surface area contributed by atoms with E-state index in [2.05, 4.69) is 11.9 Å². The summed E-state index contributed by atoms with van der Waals surface area (Å²) in [6.45, 7) is 8.01. The second-order valence-corrected chi connectivity index (χ2v) is 10.1. The van der Waals surface area contributed by atoms with Crippen LogP contribution >= 0.6 is 0 Å². The third-order valence-electron chi connectivity index (χ3n) is 5.82. The molecule has 1 aromatic carbocycles. The number of sulfonamides is 1. The number of nitrogens with one attached hydrogen (secondary N) is 1. The molecule has 1 N–H and O–H groups in total. The van der Waals surface area contributed by atoms with E-state index in [1.165, 1.54) is 10.4 Å². The molecule has 3 rings (SSSR count). The molecule has 1 aliphatic heterocycles. The summed E-state index contributed by atoms with van der Waals surface area (Å²) in [5.41, 5.74) is 0.688. The highest BCUT2D eigenvalue weighted by atomic mass is 32.2. The van der Waals surface area contributed by atoms with E-state index >= 15 is 0 Å². The summed E-state index contributed by atoms with van der Waals surface area (Å²) in [6, 6.07) is 6.37. The largest absolute Gasteiger partial charge is 0.349 e. The molecule has 1 aromatic rings. The van der Waals surface area contributed by atoms with E-state index in [9.17, 15) is 18.0 Å². The van der Waals surface area contributed by atoms with Gasteiger partial charge in [0.2, 0.25) is 21.8 Å². The van der Waals surface area contributed by atoms with Crippen LogP contribution in [0.15, 0.2) is 41.8 Å². The van der Waals surface area contributed by atoms with Crippen LogP contribution in [0.25, 0.3) is 0 Å². The smallest absolute Gasteiger partial charge is 0.243 e. The number of rotatable bonds is 6. The van der Waals surface area contributed by atoms with E-state index in [1.54, 1.807) is 36.2 Å². The van der Waals surface area contributed by atoms with E-state index in [0.717, 1.165) is 12.8 Å². The topological polar surface area (TPSA) is 86.8 Å². The maximum Gasteiger partial charge on any atom is 0.243 e. The Morgan fingerprint density at radius 1 is 1.14 bits per heavy atom. The Bertz CT molecular complexity index is 881. The van der Waals surface area contributed by atoms with Crippen LogP contribution in [0.2, 0.25) is 0 Å². The zero-order chi connectivity index (χ0) is 21.3. The summed E-state index contributed by atoms with van der Waals surface area (Å²) in [7, 11) is -1.94. The summed E-state index contributed by atoms with van der Waals surface area (Å²) >= 11 is 0. The summed E-state index contributed by atoms with van der Waals surface area (Å²) in [6.07, 6.45) is 3.08. The summed E-state index contributed by atoms with van der Waals surface area (Å²) < 4.78 is 27.8. The zero-order valence-electron chi connectivity index (χ0n) is 17.2. The first kappa shape index (κ1) is 21.5. The van der Waals surface area contributed by atoms with Crippen LogP contribution in [0.1, 0.15) is 26.7 Å². The van der Waals surface area contributed by atoms with Crippen molar-refractivity contribution in [1.82, 2.24) is 9.62 Å². The number of amides is 2. The van der Waals surface area contributed by atoms with Crippen LogP contribution in [0.5, 0.6) is 0 Å². The highest BCUT2D eigenvalue weighted by Crippen LogP contribution is 2.33. The molecule has 1 heterocycles. The molecule has 2 atom stereocenters. The van der Waals surface area contributed by atoms with Crippen molar-refractivity contribution in [2.75, 3.05) is 25.0 Å². The maximum absolute atomic E-state index is 13.1. The number of nitrogens with zero attached hydrogens (tertiary/aromatic N) is 2. The Morgan fingerprint density at radius 2 is 1.69 bits per heavy atom. The predicted molar refractivity (Wildman–Crippen MR) is 112 cm³/mol. The lowest BCUT2D eigenvalue weighted by Crippen LogP contribution is -2.55. The van der Waals surface area contributed by atoms with Gasteiger partial charge in [-0.1, -0.05) is 20.4 Å². The van der Waals surface area contributed by atoms with Crippen molar-refractivity contribution in [3.63, 3.8) is 0 Å². The van der Waals surface area contributed by atoms with E-state index in [0.29, 0.717) is 18.8 Å². The van der Waals surface area contributed by atoms with Gasteiger partial charge in [0.15, 0.2) is 0 Å². The number of hydrogen-bond donors (Lipinski definition) is 1. The van der Waals surface area contributed by atoms with Crippen LogP contribution in [0.4, 0.5) is 5.69 Å². The summed E-state index contributed by atoms with van der Waals surface area (Å²) in [5, 5.41) is 2.91. The lowest BCUT2D eigenvalue weighted by Gasteiger charge is -2.40. The molecule has 2 amide bonds. The van der Waals surface area contributed by atoms with Gasteiger partial charge >= 0.3 is 0 Å². The number of benzene rings is 1. The van der Waals surface area contributed by atoms with Gasteiger partial charge in [-0.05, 0) is 55.0 Å². The molecular weight excluding hydrogens is 390 g/mol. The highest BCUT2D eigenvalue weighted by Gasteiger charge is 2.38. The van der Waals surface area contributed by atoms with Crippen molar-refractivity contribution in [3.05, 3.63) is 36.9 Å². The Morgan fingerprint density at radius 3 is 2.17 bits per heavy atom. The standard InChI is InChI=1S/C21H29N3O4S/c1-5-19(25)22-20-14(2)12-24(13-15(20)3)29(27,28)18-10-8-17(9-11-18)23(4)21(26)16-6-7-16/h5,8-11,14-16,20H,1,6-7,12-13H2,2-4H3,(H,22,25). The lowest BCUT2D eigenvalue weighted by molar-refractivity contribution is -0.119. The van der Waals surface area contributed by atoms with Gasteiger partial charge in [-0.2, -0.15) is 4.31 Å². The van der Waals surface area contributed by atoms with Crippen molar-refractivity contribution >= 4 is 27.5 Å². The summed E-state index contributed by atoms with van der Waals surface area (Å²) in [4.78, 5) is 25.7. The van der Waals surface area contributed by atoms with Gasteiger partial charge in [-0.25, -0.2) is 8.42 Å². The van der Waals surface area contributed by atoms with Crippen LogP contribution in [-0.2, 0) is 19.6 Å². The minimum absolute atomic E-state index is 0.0287. The molecule has 0 bridgehead atoms. The SMILES string of the molecule is C=CC(=O)NC1C(C)CN(S(=O)(=O)c2ccc(N(C)C(=O)C3CC3)cc2)CC1C. The molecule has 1 aliphatic carbocycles. The second kappa shape index (κ2) is 8.28. The molecule has 29 heavy (non-hydrogen) atoms. The molecule has 1 saturated carbocycles. The Hall–Kier alpha value is -2.19. The fraction of sp³-hybridized carbons (Fsp3) is 0.524.